The van der Waals surface area contributed by atoms with Crippen LogP contribution in [-0.2, 0) is 22.3 Å². The average molecular weight is 488 g/mol. The molecule has 0 aliphatic heterocycles. The SMILES string of the molecule is O=C(OCc1cccc(C(F)(F)F)c1)C(CSc1nc2ccccc2o1)C(O)c1cccnc1. The number of hydrogen-bond donors (Lipinski definition) is 1. The number of aliphatic hydroxyl groups is 1. The van der Waals surface area contributed by atoms with Crippen LogP contribution in [0.4, 0.5) is 13.2 Å². The lowest BCUT2D eigenvalue weighted by atomic mass is 9.99. The summed E-state index contributed by atoms with van der Waals surface area (Å²) in [6.07, 6.45) is -2.79. The first-order valence-corrected chi connectivity index (χ1v) is 11.2. The quantitative estimate of drug-likeness (QED) is 0.262. The monoisotopic (exact) mass is 488 g/mol. The lowest BCUT2D eigenvalue weighted by Gasteiger charge is -2.21. The van der Waals surface area contributed by atoms with Crippen LogP contribution in [0.3, 0.4) is 0 Å². The number of aliphatic hydroxyl groups excluding tert-OH is 1. The van der Waals surface area contributed by atoms with Gasteiger partial charge in [0.05, 0.1) is 17.6 Å². The summed E-state index contributed by atoms with van der Waals surface area (Å²) in [6, 6.07) is 15.0. The van der Waals surface area contributed by atoms with Gasteiger partial charge >= 0.3 is 12.1 Å². The number of benzene rings is 2. The van der Waals surface area contributed by atoms with Crippen molar-refractivity contribution in [3.05, 3.63) is 89.7 Å². The minimum absolute atomic E-state index is 0.0598. The molecule has 0 radical (unpaired) electrons. The third-order valence-corrected chi connectivity index (χ3v) is 5.95. The highest BCUT2D eigenvalue weighted by atomic mass is 32.2. The molecular weight excluding hydrogens is 469 g/mol. The molecule has 4 rings (SSSR count). The Bertz CT molecular complexity index is 1230. The zero-order valence-corrected chi connectivity index (χ0v) is 18.4. The van der Waals surface area contributed by atoms with Crippen LogP contribution in [0.5, 0.6) is 0 Å². The Morgan fingerprint density at radius 1 is 1.12 bits per heavy atom. The average Bonchev–Trinajstić information content (AvgIpc) is 3.26. The molecule has 6 nitrogen and oxygen atoms in total. The second-order valence-electron chi connectivity index (χ2n) is 7.40. The maximum atomic E-state index is 13.0. The maximum Gasteiger partial charge on any atom is 0.416 e. The highest BCUT2D eigenvalue weighted by molar-refractivity contribution is 7.99. The predicted octanol–water partition coefficient (Wildman–Crippen LogP) is 5.43. The number of halogens is 3. The molecule has 0 spiro atoms. The fourth-order valence-corrected chi connectivity index (χ4v) is 4.20. The van der Waals surface area contributed by atoms with Crippen molar-refractivity contribution in [2.24, 2.45) is 5.92 Å². The molecule has 2 atom stereocenters. The summed E-state index contributed by atoms with van der Waals surface area (Å²) >= 11 is 1.13. The minimum Gasteiger partial charge on any atom is -0.460 e. The van der Waals surface area contributed by atoms with Crippen molar-refractivity contribution in [3.63, 3.8) is 0 Å². The van der Waals surface area contributed by atoms with Crippen LogP contribution in [0.15, 0.2) is 82.7 Å². The highest BCUT2D eigenvalue weighted by Crippen LogP contribution is 2.32. The van der Waals surface area contributed by atoms with E-state index in [1.165, 1.54) is 24.5 Å². The number of carbonyl (C=O) groups is 1. The Morgan fingerprint density at radius 3 is 2.68 bits per heavy atom. The number of pyridine rings is 1. The number of nitrogens with zero attached hydrogens (tertiary/aromatic N) is 2. The smallest absolute Gasteiger partial charge is 0.416 e. The van der Waals surface area contributed by atoms with E-state index in [-0.39, 0.29) is 17.9 Å². The van der Waals surface area contributed by atoms with E-state index in [0.717, 1.165) is 23.9 Å². The van der Waals surface area contributed by atoms with Crippen molar-refractivity contribution >= 4 is 28.8 Å². The Balaban J connectivity index is 1.49. The van der Waals surface area contributed by atoms with Gasteiger partial charge in [-0.15, -0.1) is 0 Å². The third kappa shape index (κ3) is 5.75. The topological polar surface area (TPSA) is 85.5 Å². The van der Waals surface area contributed by atoms with E-state index < -0.39 is 29.7 Å². The maximum absolute atomic E-state index is 13.0. The molecule has 10 heteroatoms. The van der Waals surface area contributed by atoms with E-state index in [1.807, 2.05) is 12.1 Å². The molecule has 0 aliphatic rings. The largest absolute Gasteiger partial charge is 0.460 e. The second kappa shape index (κ2) is 10.3. The molecule has 4 aromatic rings. The normalized spacial score (nSPS) is 13.5. The summed E-state index contributed by atoms with van der Waals surface area (Å²) in [4.78, 5) is 21.2. The number of esters is 1. The van der Waals surface area contributed by atoms with Gasteiger partial charge in [0.15, 0.2) is 5.58 Å². The second-order valence-corrected chi connectivity index (χ2v) is 8.37. The van der Waals surface area contributed by atoms with Gasteiger partial charge in [-0.3, -0.25) is 9.78 Å². The Labute approximate surface area is 196 Å². The number of oxazole rings is 1. The molecule has 0 saturated heterocycles. The van der Waals surface area contributed by atoms with Gasteiger partial charge in [0.25, 0.3) is 5.22 Å². The van der Waals surface area contributed by atoms with Crippen LogP contribution in [-0.4, -0.2) is 26.8 Å². The molecule has 2 aromatic heterocycles. The first-order valence-electron chi connectivity index (χ1n) is 10.2. The highest BCUT2D eigenvalue weighted by Gasteiger charge is 2.32. The van der Waals surface area contributed by atoms with Gasteiger partial charge < -0.3 is 14.3 Å². The lowest BCUT2D eigenvalue weighted by molar-refractivity contribution is -0.153. The van der Waals surface area contributed by atoms with Crippen LogP contribution in [0.1, 0.15) is 22.8 Å². The molecule has 34 heavy (non-hydrogen) atoms. The van der Waals surface area contributed by atoms with Crippen molar-refractivity contribution in [2.75, 3.05) is 5.75 Å². The minimum atomic E-state index is -4.50. The zero-order valence-electron chi connectivity index (χ0n) is 17.6. The summed E-state index contributed by atoms with van der Waals surface area (Å²) in [6.45, 7) is -0.368. The summed E-state index contributed by atoms with van der Waals surface area (Å²) in [5.74, 6) is -1.75. The Hall–Kier alpha value is -3.37. The molecule has 0 aliphatic carbocycles. The molecule has 2 unspecified atom stereocenters. The fraction of sp³-hybridized carbons (Fsp3) is 0.208. The lowest BCUT2D eigenvalue weighted by Crippen LogP contribution is -2.27. The number of fused-ring (bicyclic) bond motifs is 1. The van der Waals surface area contributed by atoms with Crippen molar-refractivity contribution in [1.82, 2.24) is 9.97 Å². The molecular formula is C24H19F3N2O4S. The van der Waals surface area contributed by atoms with Crippen molar-refractivity contribution in [1.29, 1.82) is 0 Å². The van der Waals surface area contributed by atoms with Crippen LogP contribution in [0.2, 0.25) is 0 Å². The van der Waals surface area contributed by atoms with E-state index >= 15 is 0 Å². The van der Waals surface area contributed by atoms with Crippen LogP contribution in [0.25, 0.3) is 11.1 Å². The van der Waals surface area contributed by atoms with Crippen LogP contribution >= 0.6 is 11.8 Å². The van der Waals surface area contributed by atoms with Gasteiger partial charge in [0.1, 0.15) is 12.1 Å². The number of ether oxygens (including phenoxy) is 1. The third-order valence-electron chi connectivity index (χ3n) is 5.01. The van der Waals surface area contributed by atoms with Gasteiger partial charge in [-0.05, 0) is 41.5 Å². The molecule has 2 aromatic carbocycles. The van der Waals surface area contributed by atoms with Gasteiger partial charge in [-0.1, -0.05) is 42.1 Å². The molecule has 0 saturated carbocycles. The first-order chi connectivity index (χ1) is 16.3. The van der Waals surface area contributed by atoms with Gasteiger partial charge in [-0.2, -0.15) is 13.2 Å². The number of para-hydroxylation sites is 2. The van der Waals surface area contributed by atoms with E-state index in [9.17, 15) is 23.1 Å². The molecule has 2 heterocycles. The molecule has 0 amide bonds. The van der Waals surface area contributed by atoms with E-state index in [1.54, 1.807) is 24.3 Å². The number of alkyl halides is 3. The number of rotatable bonds is 8. The van der Waals surface area contributed by atoms with E-state index in [2.05, 4.69) is 9.97 Å². The Kier molecular flexibility index (Phi) is 7.18. The summed E-state index contributed by atoms with van der Waals surface area (Å²) in [5.41, 5.74) is 0.994. The first kappa shape index (κ1) is 23.8. The Morgan fingerprint density at radius 2 is 1.94 bits per heavy atom. The van der Waals surface area contributed by atoms with Crippen LogP contribution < -0.4 is 0 Å². The van der Waals surface area contributed by atoms with Crippen LogP contribution in [0, 0.1) is 5.92 Å². The summed E-state index contributed by atoms with van der Waals surface area (Å²) < 4.78 is 49.8. The standard InChI is InChI=1S/C24H19F3N2O4S/c25-24(26,27)17-7-3-5-15(11-17)13-32-22(31)18(21(30)16-6-4-10-28-12-16)14-34-23-29-19-8-1-2-9-20(19)33-23/h1-12,18,21,30H,13-14H2. The van der Waals surface area contributed by atoms with Crippen molar-refractivity contribution < 1.29 is 32.2 Å². The van der Waals surface area contributed by atoms with E-state index in [4.69, 9.17) is 9.15 Å². The molecule has 176 valence electrons. The van der Waals surface area contributed by atoms with Crippen molar-refractivity contribution in [2.45, 2.75) is 24.1 Å². The summed E-state index contributed by atoms with van der Waals surface area (Å²) in [7, 11) is 0. The molecule has 0 fully saturated rings. The number of thioether (sulfide) groups is 1. The van der Waals surface area contributed by atoms with E-state index in [0.29, 0.717) is 21.9 Å². The zero-order chi connectivity index (χ0) is 24.1. The number of hydrogen-bond acceptors (Lipinski definition) is 7. The number of carbonyl (C=O) groups excluding carboxylic acids is 1. The molecule has 1 N–H and O–H groups in total. The van der Waals surface area contributed by atoms with Gasteiger partial charge in [-0.25, -0.2) is 4.98 Å². The predicted molar refractivity (Wildman–Crippen MR) is 119 cm³/mol. The summed E-state index contributed by atoms with van der Waals surface area (Å²) in [5, 5.41) is 11.2. The van der Waals surface area contributed by atoms with Gasteiger partial charge in [0.2, 0.25) is 0 Å². The fourth-order valence-electron chi connectivity index (χ4n) is 3.24. The molecule has 0 bridgehead atoms. The van der Waals surface area contributed by atoms with Crippen molar-refractivity contribution in [3.8, 4) is 0 Å². The van der Waals surface area contributed by atoms with Gasteiger partial charge in [0, 0.05) is 18.1 Å². The number of aromatic nitrogens is 2.